The Labute approximate surface area is 71.9 Å². The smallest absolute Gasteiger partial charge is 0.307 e. The Morgan fingerprint density at radius 2 is 2.25 bits per heavy atom. The minimum absolute atomic E-state index is 0.0798. The molecule has 0 amide bonds. The van der Waals surface area contributed by atoms with Crippen LogP contribution in [0.4, 0.5) is 0 Å². The molecular weight excluding hydrogens is 154 g/mol. The highest BCUT2D eigenvalue weighted by molar-refractivity contribution is 5.74. The van der Waals surface area contributed by atoms with Crippen LogP contribution in [-0.2, 0) is 4.79 Å². The summed E-state index contributed by atoms with van der Waals surface area (Å²) in [4.78, 5) is 10.7. The topological polar surface area (TPSA) is 63.3 Å². The van der Waals surface area contributed by atoms with Crippen LogP contribution in [0.1, 0.15) is 32.1 Å². The second kappa shape index (κ2) is 2.46. The SMILES string of the molecule is NC1CCCC2(C1)CC2C(=O)O. The van der Waals surface area contributed by atoms with Gasteiger partial charge >= 0.3 is 5.97 Å². The zero-order valence-corrected chi connectivity index (χ0v) is 7.12. The number of hydrogen-bond donors (Lipinski definition) is 2. The van der Waals surface area contributed by atoms with Crippen LogP contribution in [0.5, 0.6) is 0 Å². The van der Waals surface area contributed by atoms with Gasteiger partial charge in [-0.05, 0) is 31.1 Å². The van der Waals surface area contributed by atoms with Crippen molar-refractivity contribution < 1.29 is 9.90 Å². The Morgan fingerprint density at radius 3 is 2.75 bits per heavy atom. The molecule has 2 aliphatic rings. The molecule has 2 rings (SSSR count). The van der Waals surface area contributed by atoms with E-state index in [0.717, 1.165) is 32.1 Å². The standard InChI is InChI=1S/C9H15NO2/c10-6-2-1-3-9(4-6)5-7(9)8(11)12/h6-7H,1-5,10H2,(H,11,12). The fraction of sp³-hybridized carbons (Fsp3) is 0.889. The summed E-state index contributed by atoms with van der Waals surface area (Å²) in [7, 11) is 0. The molecule has 3 heteroatoms. The molecule has 0 aliphatic heterocycles. The lowest BCUT2D eigenvalue weighted by atomic mass is 9.82. The monoisotopic (exact) mass is 169 g/mol. The van der Waals surface area contributed by atoms with Gasteiger partial charge in [-0.3, -0.25) is 4.79 Å². The van der Waals surface area contributed by atoms with Crippen LogP contribution in [0.15, 0.2) is 0 Å². The maximum atomic E-state index is 10.7. The van der Waals surface area contributed by atoms with Gasteiger partial charge in [0.25, 0.3) is 0 Å². The Bertz CT molecular complexity index is 217. The summed E-state index contributed by atoms with van der Waals surface area (Å²) in [6, 6.07) is 0.253. The van der Waals surface area contributed by atoms with Crippen LogP contribution < -0.4 is 5.73 Å². The summed E-state index contributed by atoms with van der Waals surface area (Å²) < 4.78 is 0. The van der Waals surface area contributed by atoms with E-state index in [0.29, 0.717) is 0 Å². The van der Waals surface area contributed by atoms with Crippen molar-refractivity contribution in [2.45, 2.75) is 38.1 Å². The van der Waals surface area contributed by atoms with Crippen LogP contribution in [0, 0.1) is 11.3 Å². The summed E-state index contributed by atoms with van der Waals surface area (Å²) in [6.07, 6.45) is 5.08. The van der Waals surface area contributed by atoms with Crippen LogP contribution in [0.2, 0.25) is 0 Å². The first-order valence-corrected chi connectivity index (χ1v) is 4.62. The van der Waals surface area contributed by atoms with E-state index >= 15 is 0 Å². The molecule has 2 aliphatic carbocycles. The Hall–Kier alpha value is -0.570. The molecule has 0 heterocycles. The summed E-state index contributed by atoms with van der Waals surface area (Å²) >= 11 is 0. The first-order valence-electron chi connectivity index (χ1n) is 4.62. The van der Waals surface area contributed by atoms with Gasteiger partial charge in [-0.1, -0.05) is 6.42 Å². The maximum absolute atomic E-state index is 10.7. The molecule has 3 nitrogen and oxygen atoms in total. The summed E-state index contributed by atoms with van der Waals surface area (Å²) in [5.74, 6) is -0.701. The highest BCUT2D eigenvalue weighted by atomic mass is 16.4. The molecule has 0 aromatic carbocycles. The third-order valence-electron chi connectivity index (χ3n) is 3.41. The molecule has 0 saturated heterocycles. The fourth-order valence-corrected chi connectivity index (χ4v) is 2.64. The Balaban J connectivity index is 2.01. The van der Waals surface area contributed by atoms with E-state index in [2.05, 4.69) is 0 Å². The number of aliphatic carboxylic acids is 1. The molecule has 0 aromatic rings. The lowest BCUT2D eigenvalue weighted by Gasteiger charge is -2.26. The third kappa shape index (κ3) is 1.12. The van der Waals surface area contributed by atoms with Gasteiger partial charge in [0.05, 0.1) is 5.92 Å². The quantitative estimate of drug-likeness (QED) is 0.615. The van der Waals surface area contributed by atoms with E-state index in [-0.39, 0.29) is 17.4 Å². The maximum Gasteiger partial charge on any atom is 0.307 e. The molecule has 0 aromatic heterocycles. The van der Waals surface area contributed by atoms with Gasteiger partial charge < -0.3 is 10.8 Å². The van der Waals surface area contributed by atoms with Crippen molar-refractivity contribution in [3.05, 3.63) is 0 Å². The molecule has 68 valence electrons. The van der Waals surface area contributed by atoms with Crippen LogP contribution in [0.25, 0.3) is 0 Å². The average Bonchev–Trinajstić information content (AvgIpc) is 2.63. The molecule has 2 fully saturated rings. The number of carboxylic acid groups (broad SMARTS) is 1. The van der Waals surface area contributed by atoms with Crippen LogP contribution in [-0.4, -0.2) is 17.1 Å². The van der Waals surface area contributed by atoms with Crippen LogP contribution >= 0.6 is 0 Å². The number of nitrogens with two attached hydrogens (primary N) is 1. The van der Waals surface area contributed by atoms with E-state index < -0.39 is 5.97 Å². The number of hydrogen-bond acceptors (Lipinski definition) is 2. The van der Waals surface area contributed by atoms with Gasteiger partial charge in [0, 0.05) is 6.04 Å². The van der Waals surface area contributed by atoms with Crippen molar-refractivity contribution in [1.82, 2.24) is 0 Å². The van der Waals surface area contributed by atoms with Crippen LogP contribution in [0.3, 0.4) is 0 Å². The second-order valence-electron chi connectivity index (χ2n) is 4.31. The van der Waals surface area contributed by atoms with E-state index in [4.69, 9.17) is 10.8 Å². The van der Waals surface area contributed by atoms with Gasteiger partial charge in [0.15, 0.2) is 0 Å². The molecule has 3 N–H and O–H groups in total. The minimum Gasteiger partial charge on any atom is -0.481 e. The molecule has 3 atom stereocenters. The third-order valence-corrected chi connectivity index (χ3v) is 3.41. The lowest BCUT2D eigenvalue weighted by Crippen LogP contribution is -2.30. The first-order chi connectivity index (χ1) is 5.64. The van der Waals surface area contributed by atoms with E-state index in [1.54, 1.807) is 0 Å². The van der Waals surface area contributed by atoms with E-state index in [1.807, 2.05) is 0 Å². The van der Waals surface area contributed by atoms with E-state index in [9.17, 15) is 4.79 Å². The zero-order valence-electron chi connectivity index (χ0n) is 7.12. The lowest BCUT2D eigenvalue weighted by molar-refractivity contribution is -0.139. The van der Waals surface area contributed by atoms with Gasteiger partial charge in [-0.15, -0.1) is 0 Å². The van der Waals surface area contributed by atoms with Gasteiger partial charge in [0.2, 0.25) is 0 Å². The molecule has 2 saturated carbocycles. The predicted molar refractivity (Wildman–Crippen MR) is 44.6 cm³/mol. The highest BCUT2D eigenvalue weighted by Crippen LogP contribution is 2.61. The predicted octanol–water partition coefficient (Wildman–Crippen LogP) is 0.979. The molecule has 0 radical (unpaired) electrons. The van der Waals surface area contributed by atoms with Crippen molar-refractivity contribution in [2.24, 2.45) is 17.1 Å². The molecular formula is C9H15NO2. The van der Waals surface area contributed by atoms with E-state index in [1.165, 1.54) is 0 Å². The highest BCUT2D eigenvalue weighted by Gasteiger charge is 2.59. The van der Waals surface area contributed by atoms with Crippen molar-refractivity contribution in [3.63, 3.8) is 0 Å². The molecule has 1 spiro atoms. The summed E-state index contributed by atoms with van der Waals surface area (Å²) in [5, 5.41) is 8.82. The first kappa shape index (κ1) is 8.05. The van der Waals surface area contributed by atoms with Crippen molar-refractivity contribution in [2.75, 3.05) is 0 Å². The van der Waals surface area contributed by atoms with Gasteiger partial charge in [0.1, 0.15) is 0 Å². The largest absolute Gasteiger partial charge is 0.481 e. The Kier molecular flexibility index (Phi) is 1.65. The summed E-state index contributed by atoms with van der Waals surface area (Å²) in [6.45, 7) is 0. The zero-order chi connectivity index (χ0) is 8.77. The number of rotatable bonds is 1. The number of carboxylic acids is 1. The molecule has 0 bridgehead atoms. The minimum atomic E-state index is -0.621. The van der Waals surface area contributed by atoms with Crippen molar-refractivity contribution in [1.29, 1.82) is 0 Å². The van der Waals surface area contributed by atoms with Gasteiger partial charge in [-0.2, -0.15) is 0 Å². The normalized spacial score (nSPS) is 46.1. The summed E-state index contributed by atoms with van der Waals surface area (Å²) in [5.41, 5.74) is 5.93. The number of carbonyl (C=O) groups is 1. The van der Waals surface area contributed by atoms with Crippen molar-refractivity contribution in [3.8, 4) is 0 Å². The fourth-order valence-electron chi connectivity index (χ4n) is 2.64. The average molecular weight is 169 g/mol. The Morgan fingerprint density at radius 1 is 1.50 bits per heavy atom. The second-order valence-corrected chi connectivity index (χ2v) is 4.31. The van der Waals surface area contributed by atoms with Crippen molar-refractivity contribution >= 4 is 5.97 Å². The molecule has 3 unspecified atom stereocenters. The van der Waals surface area contributed by atoms with Gasteiger partial charge in [-0.25, -0.2) is 0 Å². The molecule has 12 heavy (non-hydrogen) atoms.